The van der Waals surface area contributed by atoms with E-state index in [1.165, 1.54) is 22.7 Å². The van der Waals surface area contributed by atoms with Crippen LogP contribution in [0.25, 0.3) is 27.8 Å². The molecular formula is C21H22N6O2S. The number of hydrogen-bond acceptors (Lipinski definition) is 6. The molecular weight excluding hydrogens is 400 g/mol. The quantitative estimate of drug-likeness (QED) is 0.400. The van der Waals surface area contributed by atoms with Gasteiger partial charge in [-0.05, 0) is 36.8 Å². The Morgan fingerprint density at radius 2 is 1.77 bits per heavy atom. The summed E-state index contributed by atoms with van der Waals surface area (Å²) < 4.78 is 3.23. The minimum atomic E-state index is -0.279. The summed E-state index contributed by atoms with van der Waals surface area (Å²) in [5.74, 6) is 1.19. The molecule has 1 aliphatic rings. The number of H-pyrrole nitrogens is 1. The standard InChI is InChI=1S/C21H22N6O2S/c1-2-30-21-23-20(24-25-21)27-11-9-17-15(19(27)29)12-14-16(22-17)8-10-26(18(14)28)13-6-4-3-5-7-13/h8-13H,2-7H2,1H3,(H,23,24,25). The van der Waals surface area contributed by atoms with Crippen LogP contribution in [0.1, 0.15) is 45.1 Å². The summed E-state index contributed by atoms with van der Waals surface area (Å²) >= 11 is 1.49. The van der Waals surface area contributed by atoms with Gasteiger partial charge in [0, 0.05) is 18.4 Å². The fraction of sp³-hybridized carbons (Fsp3) is 0.381. The molecule has 1 N–H and O–H groups in total. The largest absolute Gasteiger partial charge is 0.312 e. The van der Waals surface area contributed by atoms with Crippen LogP contribution in [0.15, 0.2) is 45.3 Å². The van der Waals surface area contributed by atoms with Gasteiger partial charge in [0.15, 0.2) is 0 Å². The summed E-state index contributed by atoms with van der Waals surface area (Å²) in [7, 11) is 0. The van der Waals surface area contributed by atoms with Crippen LogP contribution in [-0.2, 0) is 0 Å². The van der Waals surface area contributed by atoms with Gasteiger partial charge in [0.25, 0.3) is 11.1 Å². The average Bonchev–Trinajstić information content (AvgIpc) is 3.23. The Kier molecular flexibility index (Phi) is 4.90. The first-order valence-electron chi connectivity index (χ1n) is 10.3. The van der Waals surface area contributed by atoms with Crippen LogP contribution >= 0.6 is 11.8 Å². The lowest BCUT2D eigenvalue weighted by Crippen LogP contribution is -2.26. The van der Waals surface area contributed by atoms with Gasteiger partial charge in [-0.25, -0.2) is 10.1 Å². The molecule has 5 rings (SSSR count). The monoisotopic (exact) mass is 422 g/mol. The van der Waals surface area contributed by atoms with E-state index in [4.69, 9.17) is 0 Å². The molecule has 0 spiro atoms. The topological polar surface area (TPSA) is 98.5 Å². The van der Waals surface area contributed by atoms with Crippen molar-refractivity contribution in [1.82, 2.24) is 29.3 Å². The molecule has 30 heavy (non-hydrogen) atoms. The predicted molar refractivity (Wildman–Crippen MR) is 118 cm³/mol. The first-order chi connectivity index (χ1) is 14.7. The van der Waals surface area contributed by atoms with Gasteiger partial charge >= 0.3 is 0 Å². The van der Waals surface area contributed by atoms with Gasteiger partial charge in [-0.2, -0.15) is 4.98 Å². The maximum atomic E-state index is 13.2. The molecule has 0 aliphatic heterocycles. The molecule has 4 aromatic rings. The van der Waals surface area contributed by atoms with E-state index in [0.717, 1.165) is 31.4 Å². The van der Waals surface area contributed by atoms with Crippen molar-refractivity contribution in [2.75, 3.05) is 5.75 Å². The Balaban J connectivity index is 1.66. The molecule has 0 atom stereocenters. The molecule has 0 radical (unpaired) electrons. The Bertz CT molecular complexity index is 1350. The highest BCUT2D eigenvalue weighted by molar-refractivity contribution is 7.99. The molecule has 1 aliphatic carbocycles. The predicted octanol–water partition coefficient (Wildman–Crippen LogP) is 3.44. The Morgan fingerprint density at radius 1 is 1.03 bits per heavy atom. The SMILES string of the molecule is CCSc1n[nH]c(-n2ccc3nc4ccn(C5CCCCC5)c(=O)c4cc3c2=O)n1. The first-order valence-corrected chi connectivity index (χ1v) is 11.3. The maximum Gasteiger partial charge on any atom is 0.266 e. The van der Waals surface area contributed by atoms with E-state index in [9.17, 15) is 9.59 Å². The van der Waals surface area contributed by atoms with E-state index in [-0.39, 0.29) is 17.2 Å². The fourth-order valence-electron chi connectivity index (χ4n) is 4.19. The molecule has 8 nitrogen and oxygen atoms in total. The van der Waals surface area contributed by atoms with Crippen molar-refractivity contribution in [2.45, 2.75) is 50.2 Å². The number of hydrogen-bond donors (Lipinski definition) is 1. The highest BCUT2D eigenvalue weighted by Crippen LogP contribution is 2.27. The number of nitrogens with zero attached hydrogens (tertiary/aromatic N) is 5. The smallest absolute Gasteiger partial charge is 0.266 e. The van der Waals surface area contributed by atoms with Gasteiger partial charge < -0.3 is 4.57 Å². The molecule has 0 unspecified atom stereocenters. The number of aromatic amines is 1. The van der Waals surface area contributed by atoms with E-state index in [2.05, 4.69) is 20.2 Å². The fourth-order valence-corrected chi connectivity index (χ4v) is 4.71. The number of aromatic nitrogens is 6. The van der Waals surface area contributed by atoms with Gasteiger partial charge in [0.2, 0.25) is 11.1 Å². The molecule has 1 saturated carbocycles. The van der Waals surface area contributed by atoms with Crippen molar-refractivity contribution < 1.29 is 0 Å². The molecule has 4 aromatic heterocycles. The van der Waals surface area contributed by atoms with Crippen LogP contribution in [0.4, 0.5) is 0 Å². The summed E-state index contributed by atoms with van der Waals surface area (Å²) in [4.78, 5) is 35.3. The van der Waals surface area contributed by atoms with Gasteiger partial charge in [0.1, 0.15) is 0 Å². The average molecular weight is 423 g/mol. The lowest BCUT2D eigenvalue weighted by Gasteiger charge is -2.24. The molecule has 154 valence electrons. The molecule has 0 bridgehead atoms. The van der Waals surface area contributed by atoms with Crippen molar-refractivity contribution in [3.05, 3.63) is 51.3 Å². The Labute approximate surface area is 176 Å². The normalized spacial score (nSPS) is 15.2. The molecule has 9 heteroatoms. The Morgan fingerprint density at radius 3 is 2.53 bits per heavy atom. The third-order valence-electron chi connectivity index (χ3n) is 5.69. The zero-order chi connectivity index (χ0) is 20.7. The first kappa shape index (κ1) is 19.0. The summed E-state index contributed by atoms with van der Waals surface area (Å²) in [5.41, 5.74) is 0.808. The van der Waals surface area contributed by atoms with Crippen molar-refractivity contribution in [3.63, 3.8) is 0 Å². The maximum absolute atomic E-state index is 13.2. The highest BCUT2D eigenvalue weighted by atomic mass is 32.2. The molecule has 1 fully saturated rings. The van der Waals surface area contributed by atoms with Crippen molar-refractivity contribution in [1.29, 1.82) is 0 Å². The van der Waals surface area contributed by atoms with Crippen LogP contribution < -0.4 is 11.1 Å². The van der Waals surface area contributed by atoms with E-state index >= 15 is 0 Å². The number of rotatable bonds is 4. The minimum absolute atomic E-state index is 0.0788. The van der Waals surface area contributed by atoms with Gasteiger partial charge in [0.05, 0.1) is 21.8 Å². The van der Waals surface area contributed by atoms with Crippen LogP contribution in [0.2, 0.25) is 0 Å². The minimum Gasteiger partial charge on any atom is -0.312 e. The number of pyridine rings is 3. The number of thioether (sulfide) groups is 1. The van der Waals surface area contributed by atoms with Crippen LogP contribution in [-0.4, -0.2) is 35.1 Å². The zero-order valence-electron chi connectivity index (χ0n) is 16.7. The van der Waals surface area contributed by atoms with Crippen molar-refractivity contribution in [3.8, 4) is 5.95 Å². The summed E-state index contributed by atoms with van der Waals surface area (Å²) in [6.07, 6.45) is 9.03. The van der Waals surface area contributed by atoms with E-state index in [1.54, 1.807) is 18.3 Å². The Hall–Kier alpha value is -2.94. The van der Waals surface area contributed by atoms with Crippen molar-refractivity contribution >= 4 is 33.6 Å². The van der Waals surface area contributed by atoms with Crippen LogP contribution in [0, 0.1) is 0 Å². The number of nitrogens with one attached hydrogen (secondary N) is 1. The number of fused-ring (bicyclic) bond motifs is 2. The lowest BCUT2D eigenvalue weighted by molar-refractivity contribution is 0.347. The van der Waals surface area contributed by atoms with Crippen molar-refractivity contribution in [2.24, 2.45) is 0 Å². The van der Waals surface area contributed by atoms with Crippen LogP contribution in [0.3, 0.4) is 0 Å². The van der Waals surface area contributed by atoms with Crippen LogP contribution in [0.5, 0.6) is 0 Å². The lowest BCUT2D eigenvalue weighted by atomic mass is 9.95. The summed E-state index contributed by atoms with van der Waals surface area (Å²) in [6, 6.07) is 5.54. The van der Waals surface area contributed by atoms with E-state index in [1.807, 2.05) is 23.8 Å². The van der Waals surface area contributed by atoms with Gasteiger partial charge in [-0.3, -0.25) is 14.2 Å². The molecule has 0 amide bonds. The third kappa shape index (κ3) is 3.23. The molecule has 0 aromatic carbocycles. The second kappa shape index (κ2) is 7.71. The second-order valence-electron chi connectivity index (χ2n) is 7.54. The summed E-state index contributed by atoms with van der Waals surface area (Å²) in [6.45, 7) is 2.01. The van der Waals surface area contributed by atoms with Gasteiger partial charge in [-0.15, -0.1) is 5.10 Å². The van der Waals surface area contributed by atoms with E-state index in [0.29, 0.717) is 32.9 Å². The molecule has 4 heterocycles. The third-order valence-corrected chi connectivity index (χ3v) is 6.42. The summed E-state index contributed by atoms with van der Waals surface area (Å²) in [5, 5.41) is 8.40. The zero-order valence-corrected chi connectivity index (χ0v) is 17.5. The highest BCUT2D eigenvalue weighted by Gasteiger charge is 2.18. The molecule has 0 saturated heterocycles. The second-order valence-corrected chi connectivity index (χ2v) is 8.77. The van der Waals surface area contributed by atoms with Gasteiger partial charge in [-0.1, -0.05) is 37.9 Å². The van der Waals surface area contributed by atoms with E-state index < -0.39 is 0 Å².